The van der Waals surface area contributed by atoms with Crippen molar-refractivity contribution in [1.29, 1.82) is 0 Å². The fraction of sp³-hybridized carbons (Fsp3) is 0.571. The summed E-state index contributed by atoms with van der Waals surface area (Å²) in [6.07, 6.45) is 2.71. The molecule has 2 aliphatic rings. The van der Waals surface area contributed by atoms with Gasteiger partial charge in [0.1, 0.15) is 10.6 Å². The summed E-state index contributed by atoms with van der Waals surface area (Å²) in [5, 5.41) is 15.1. The van der Waals surface area contributed by atoms with Gasteiger partial charge >= 0.3 is 6.18 Å². The van der Waals surface area contributed by atoms with Gasteiger partial charge in [-0.1, -0.05) is 12.1 Å². The van der Waals surface area contributed by atoms with E-state index in [1.54, 1.807) is 32.4 Å². The van der Waals surface area contributed by atoms with Gasteiger partial charge in [-0.3, -0.25) is 20.0 Å². The Morgan fingerprint density at radius 1 is 1.30 bits per heavy atom. The van der Waals surface area contributed by atoms with E-state index in [0.717, 1.165) is 54.4 Å². The number of amides is 1. The second-order valence-corrected chi connectivity index (χ2v) is 11.4. The normalized spacial score (nSPS) is 24.3. The predicted molar refractivity (Wildman–Crippen MR) is 146 cm³/mol. The number of hydroxylamine groups is 1. The summed E-state index contributed by atoms with van der Waals surface area (Å²) in [6.45, 7) is 4.09. The number of aliphatic hydroxyl groups is 1. The molecule has 1 unspecified atom stereocenters. The minimum atomic E-state index is -4.47. The number of aromatic nitrogens is 1. The maximum Gasteiger partial charge on any atom is 0.416 e. The highest BCUT2D eigenvalue weighted by molar-refractivity contribution is 7.11. The number of methoxy groups -OCH3 is 1. The van der Waals surface area contributed by atoms with Crippen molar-refractivity contribution in [3.8, 4) is 0 Å². The van der Waals surface area contributed by atoms with Gasteiger partial charge in [0.15, 0.2) is 0 Å². The zero-order valence-electron chi connectivity index (χ0n) is 22.8. The first kappa shape index (κ1) is 30.4. The Morgan fingerprint density at radius 3 is 2.77 bits per heavy atom. The molecule has 8 nitrogen and oxygen atoms in total. The zero-order valence-corrected chi connectivity index (χ0v) is 23.6. The van der Waals surface area contributed by atoms with E-state index in [1.807, 2.05) is 0 Å². The third kappa shape index (κ3) is 7.82. The van der Waals surface area contributed by atoms with Crippen molar-refractivity contribution < 1.29 is 32.6 Å². The van der Waals surface area contributed by atoms with Crippen molar-refractivity contribution in [2.75, 3.05) is 26.8 Å². The van der Waals surface area contributed by atoms with E-state index >= 15 is 0 Å². The molecule has 0 spiro atoms. The number of thiazole rings is 1. The SMILES string of the molecule is CCON/C(=C\CC(=O)NC1CCN(C2CCC(O)(c3cnc(COC)s3)CC2)C1)c1cccc(C(F)(F)F)c1. The van der Waals surface area contributed by atoms with Gasteiger partial charge in [-0.15, -0.1) is 11.3 Å². The van der Waals surface area contributed by atoms with E-state index in [4.69, 9.17) is 9.57 Å². The summed E-state index contributed by atoms with van der Waals surface area (Å²) in [5.74, 6) is -0.204. The van der Waals surface area contributed by atoms with Crippen LogP contribution in [0.3, 0.4) is 0 Å². The molecule has 220 valence electrons. The molecule has 1 aliphatic heterocycles. The van der Waals surface area contributed by atoms with Crippen LogP contribution in [0, 0.1) is 0 Å². The van der Waals surface area contributed by atoms with Crippen LogP contribution < -0.4 is 10.8 Å². The second kappa shape index (κ2) is 13.4. The number of ether oxygens (including phenoxy) is 1. The molecule has 40 heavy (non-hydrogen) atoms. The fourth-order valence-electron chi connectivity index (χ4n) is 5.36. The Labute approximate surface area is 236 Å². The average molecular weight is 583 g/mol. The molecule has 2 aromatic rings. The second-order valence-electron chi connectivity index (χ2n) is 10.3. The molecule has 12 heteroatoms. The Bertz CT molecular complexity index is 1160. The van der Waals surface area contributed by atoms with Gasteiger partial charge in [0.25, 0.3) is 0 Å². The molecule has 4 rings (SSSR count). The summed E-state index contributed by atoms with van der Waals surface area (Å²) in [7, 11) is 1.63. The molecule has 1 saturated carbocycles. The van der Waals surface area contributed by atoms with Crippen LogP contribution in [-0.2, 0) is 32.8 Å². The first-order valence-electron chi connectivity index (χ1n) is 13.6. The van der Waals surface area contributed by atoms with Crippen LogP contribution in [0.25, 0.3) is 5.70 Å². The van der Waals surface area contributed by atoms with Crippen LogP contribution in [0.2, 0.25) is 0 Å². The molecule has 3 N–H and O–H groups in total. The number of benzene rings is 1. The number of nitrogens with zero attached hydrogens (tertiary/aromatic N) is 2. The quantitative estimate of drug-likeness (QED) is 0.334. The number of hydrogen-bond donors (Lipinski definition) is 3. The van der Waals surface area contributed by atoms with Crippen LogP contribution in [0.15, 0.2) is 36.5 Å². The average Bonchev–Trinajstić information content (AvgIpc) is 3.59. The molecule has 1 aromatic carbocycles. The summed E-state index contributed by atoms with van der Waals surface area (Å²) in [6, 6.07) is 5.25. The number of nitrogens with one attached hydrogen (secondary N) is 2. The Hall–Kier alpha value is -2.51. The third-order valence-electron chi connectivity index (χ3n) is 7.48. The third-order valence-corrected chi connectivity index (χ3v) is 8.65. The van der Waals surface area contributed by atoms with Crippen molar-refractivity contribution in [1.82, 2.24) is 20.7 Å². The number of carbonyl (C=O) groups excluding carboxylic acids is 1. The number of alkyl halides is 3. The monoisotopic (exact) mass is 582 g/mol. The van der Waals surface area contributed by atoms with Gasteiger partial charge in [-0.2, -0.15) is 13.2 Å². The molecule has 0 radical (unpaired) electrons. The van der Waals surface area contributed by atoms with E-state index in [9.17, 15) is 23.1 Å². The van der Waals surface area contributed by atoms with Crippen LogP contribution in [0.5, 0.6) is 0 Å². The van der Waals surface area contributed by atoms with Crippen molar-refractivity contribution >= 4 is 22.9 Å². The molecule has 1 atom stereocenters. The number of halogens is 3. The van der Waals surface area contributed by atoms with Gasteiger partial charge in [0.2, 0.25) is 5.91 Å². The summed E-state index contributed by atoms with van der Waals surface area (Å²) >= 11 is 1.50. The molecule has 1 amide bonds. The molecule has 1 aromatic heterocycles. The number of hydrogen-bond acceptors (Lipinski definition) is 8. The summed E-state index contributed by atoms with van der Waals surface area (Å²) in [5.41, 5.74) is 1.63. The standard InChI is InChI=1S/C28H37F3N4O4S/c1-3-39-34-23(19-5-4-6-20(15-19)28(29,30)31)7-8-25(36)33-21-11-14-35(17-21)22-9-12-27(37,13-10-22)24-16-32-26(40-24)18-38-2/h4-7,15-16,21-22,34,37H,3,8-14,17-18H2,1-2H3,(H,33,36)/b23-7-. The van der Waals surface area contributed by atoms with Gasteiger partial charge in [0.05, 0.1) is 29.4 Å². The van der Waals surface area contributed by atoms with Crippen LogP contribution in [0.4, 0.5) is 13.2 Å². The topological polar surface area (TPSA) is 96.0 Å². The van der Waals surface area contributed by atoms with Crippen molar-refractivity contribution in [3.05, 3.63) is 57.6 Å². The first-order chi connectivity index (χ1) is 19.1. The summed E-state index contributed by atoms with van der Waals surface area (Å²) in [4.78, 5) is 25.6. The zero-order chi connectivity index (χ0) is 28.8. The summed E-state index contributed by atoms with van der Waals surface area (Å²) < 4.78 is 44.7. The van der Waals surface area contributed by atoms with Gasteiger partial charge < -0.3 is 15.2 Å². The molecular formula is C28H37F3N4O4S. The minimum Gasteiger partial charge on any atom is -0.384 e. The Balaban J connectivity index is 1.28. The molecule has 2 fully saturated rings. The lowest BCUT2D eigenvalue weighted by molar-refractivity contribution is -0.137. The minimum absolute atomic E-state index is 0.00147. The van der Waals surface area contributed by atoms with Gasteiger partial charge in [-0.05, 0) is 57.2 Å². The number of rotatable bonds is 11. The molecular weight excluding hydrogens is 545 g/mol. The van der Waals surface area contributed by atoms with E-state index in [0.29, 0.717) is 37.8 Å². The van der Waals surface area contributed by atoms with Crippen molar-refractivity contribution in [2.24, 2.45) is 0 Å². The van der Waals surface area contributed by atoms with Crippen LogP contribution >= 0.6 is 11.3 Å². The predicted octanol–water partition coefficient (Wildman–Crippen LogP) is 4.60. The van der Waals surface area contributed by atoms with Gasteiger partial charge in [-0.25, -0.2) is 4.98 Å². The molecule has 0 bridgehead atoms. The van der Waals surface area contributed by atoms with E-state index in [1.165, 1.54) is 17.4 Å². The highest BCUT2D eigenvalue weighted by atomic mass is 32.1. The number of carbonyl (C=O) groups is 1. The van der Waals surface area contributed by atoms with Crippen molar-refractivity contribution in [3.63, 3.8) is 0 Å². The largest absolute Gasteiger partial charge is 0.416 e. The van der Waals surface area contributed by atoms with Crippen LogP contribution in [0.1, 0.15) is 66.5 Å². The highest BCUT2D eigenvalue weighted by Crippen LogP contribution is 2.41. The Kier molecular flexibility index (Phi) is 10.2. The fourth-order valence-corrected chi connectivity index (χ4v) is 6.39. The van der Waals surface area contributed by atoms with E-state index < -0.39 is 17.3 Å². The van der Waals surface area contributed by atoms with Crippen molar-refractivity contribution in [2.45, 2.75) is 75.9 Å². The number of likely N-dealkylation sites (tertiary alicyclic amines) is 1. The Morgan fingerprint density at radius 2 is 2.08 bits per heavy atom. The lowest BCUT2D eigenvalue weighted by Gasteiger charge is -2.39. The first-order valence-corrected chi connectivity index (χ1v) is 14.4. The lowest BCUT2D eigenvalue weighted by atomic mass is 9.81. The molecule has 2 heterocycles. The molecule has 1 saturated heterocycles. The molecule has 1 aliphatic carbocycles. The smallest absolute Gasteiger partial charge is 0.384 e. The maximum atomic E-state index is 13.2. The van der Waals surface area contributed by atoms with Gasteiger partial charge in [0, 0.05) is 50.5 Å². The van der Waals surface area contributed by atoms with E-state index in [2.05, 4.69) is 20.7 Å². The maximum absolute atomic E-state index is 13.2. The lowest BCUT2D eigenvalue weighted by Crippen LogP contribution is -2.43. The highest BCUT2D eigenvalue weighted by Gasteiger charge is 2.39. The van der Waals surface area contributed by atoms with E-state index in [-0.39, 0.29) is 23.9 Å². The van der Waals surface area contributed by atoms with Crippen LogP contribution in [-0.4, -0.2) is 59.8 Å².